The minimum atomic E-state index is -4.00. The molecule has 0 spiro atoms. The maximum Gasteiger partial charge on any atom is 0.253 e. The van der Waals surface area contributed by atoms with Gasteiger partial charge in [0.05, 0.1) is 51.2 Å². The molecule has 3 aromatic carbocycles. The maximum atomic E-state index is 13.1. The normalized spacial score (nSPS) is 11.1. The molecular formula is C26H21Cl2N3O5S. The average Bonchev–Trinajstić information content (AvgIpc) is 3.41. The van der Waals surface area contributed by atoms with Gasteiger partial charge in [0.1, 0.15) is 10.7 Å². The Morgan fingerprint density at radius 2 is 1.57 bits per heavy atom. The van der Waals surface area contributed by atoms with E-state index in [2.05, 4.69) is 16.0 Å². The molecule has 0 aliphatic heterocycles. The van der Waals surface area contributed by atoms with Gasteiger partial charge in [-0.05, 0) is 48.5 Å². The molecular weight excluding hydrogens is 537 g/mol. The summed E-state index contributed by atoms with van der Waals surface area (Å²) in [5, 5.41) is 8.07. The third-order valence-electron chi connectivity index (χ3n) is 5.26. The average molecular weight is 558 g/mol. The maximum absolute atomic E-state index is 13.1. The number of anilines is 2. The number of benzene rings is 3. The van der Waals surface area contributed by atoms with Crippen molar-refractivity contribution in [3.05, 3.63) is 106 Å². The van der Waals surface area contributed by atoms with Gasteiger partial charge < -0.3 is 20.4 Å². The van der Waals surface area contributed by atoms with E-state index in [0.29, 0.717) is 11.4 Å². The predicted molar refractivity (Wildman–Crippen MR) is 142 cm³/mol. The van der Waals surface area contributed by atoms with Gasteiger partial charge in [0.2, 0.25) is 15.7 Å². The molecule has 3 N–H and O–H groups in total. The summed E-state index contributed by atoms with van der Waals surface area (Å²) >= 11 is 12.6. The molecule has 0 aliphatic carbocycles. The second-order valence-electron chi connectivity index (χ2n) is 7.76. The predicted octanol–water partition coefficient (Wildman–Crippen LogP) is 5.40. The standard InChI is InChI=1S/C26H21Cl2N3O5S/c27-20-12-13-22(24(28)25(20)37(34,35)18-8-2-1-3-9-18)29-16-23(32)31-21-11-5-4-10-19(21)26(33)30-15-17-7-6-14-36-17/h1-14,29H,15-16H2,(H,30,33)(H,31,32). The highest BCUT2D eigenvalue weighted by Gasteiger charge is 2.26. The summed E-state index contributed by atoms with van der Waals surface area (Å²) in [6.45, 7) is -0.0620. The Morgan fingerprint density at radius 3 is 2.30 bits per heavy atom. The number of hydrogen-bond donors (Lipinski definition) is 3. The lowest BCUT2D eigenvalue weighted by atomic mass is 10.1. The van der Waals surface area contributed by atoms with Gasteiger partial charge in [0, 0.05) is 0 Å². The van der Waals surface area contributed by atoms with Crippen LogP contribution in [0.5, 0.6) is 0 Å². The van der Waals surface area contributed by atoms with Crippen molar-refractivity contribution >= 4 is 56.2 Å². The van der Waals surface area contributed by atoms with E-state index in [1.165, 1.54) is 30.5 Å². The number of amides is 2. The molecule has 8 nitrogen and oxygen atoms in total. The highest BCUT2D eigenvalue weighted by molar-refractivity contribution is 7.91. The van der Waals surface area contributed by atoms with Crippen LogP contribution in [-0.2, 0) is 21.2 Å². The lowest BCUT2D eigenvalue weighted by Crippen LogP contribution is -2.26. The van der Waals surface area contributed by atoms with Crippen molar-refractivity contribution in [2.24, 2.45) is 0 Å². The van der Waals surface area contributed by atoms with Crippen molar-refractivity contribution in [3.8, 4) is 0 Å². The first-order valence-corrected chi connectivity index (χ1v) is 13.2. The number of hydrogen-bond acceptors (Lipinski definition) is 6. The molecule has 0 saturated carbocycles. The molecule has 0 unspecified atom stereocenters. The van der Waals surface area contributed by atoms with Crippen LogP contribution in [0.1, 0.15) is 16.1 Å². The number of halogens is 2. The van der Waals surface area contributed by atoms with Gasteiger partial charge in [-0.15, -0.1) is 0 Å². The second kappa shape index (κ2) is 11.5. The Labute approximate surface area is 223 Å². The highest BCUT2D eigenvalue weighted by atomic mass is 35.5. The summed E-state index contributed by atoms with van der Waals surface area (Å²) in [4.78, 5) is 25.1. The zero-order chi connectivity index (χ0) is 26.4. The molecule has 0 aliphatic rings. The number of furan rings is 1. The largest absolute Gasteiger partial charge is 0.467 e. The van der Waals surface area contributed by atoms with Crippen molar-refractivity contribution in [2.75, 3.05) is 17.2 Å². The van der Waals surface area contributed by atoms with Crippen LogP contribution >= 0.6 is 23.2 Å². The van der Waals surface area contributed by atoms with E-state index in [1.807, 2.05) is 0 Å². The molecule has 0 radical (unpaired) electrons. The van der Waals surface area contributed by atoms with Crippen LogP contribution in [0.25, 0.3) is 0 Å². The van der Waals surface area contributed by atoms with Crippen LogP contribution in [-0.4, -0.2) is 26.8 Å². The quantitative estimate of drug-likeness (QED) is 0.253. The molecule has 1 heterocycles. The number of carbonyl (C=O) groups is 2. The lowest BCUT2D eigenvalue weighted by molar-refractivity contribution is -0.114. The van der Waals surface area contributed by atoms with Crippen LogP contribution in [0.15, 0.2) is 99.3 Å². The Bertz CT molecular complexity index is 1530. The van der Waals surface area contributed by atoms with Gasteiger partial charge in [-0.3, -0.25) is 9.59 Å². The molecule has 190 valence electrons. The van der Waals surface area contributed by atoms with Crippen molar-refractivity contribution < 1.29 is 22.4 Å². The molecule has 4 aromatic rings. The lowest BCUT2D eigenvalue weighted by Gasteiger charge is -2.15. The number of nitrogens with one attached hydrogen (secondary N) is 3. The molecule has 0 fully saturated rings. The first-order valence-electron chi connectivity index (χ1n) is 11.0. The van der Waals surface area contributed by atoms with E-state index in [1.54, 1.807) is 54.6 Å². The minimum absolute atomic E-state index is 0.0376. The molecule has 37 heavy (non-hydrogen) atoms. The highest BCUT2D eigenvalue weighted by Crippen LogP contribution is 2.38. The summed E-state index contributed by atoms with van der Waals surface area (Å²) in [5.41, 5.74) is 0.782. The summed E-state index contributed by atoms with van der Waals surface area (Å²) < 4.78 is 31.4. The fourth-order valence-electron chi connectivity index (χ4n) is 3.47. The van der Waals surface area contributed by atoms with Crippen LogP contribution in [0.2, 0.25) is 10.0 Å². The van der Waals surface area contributed by atoms with E-state index in [-0.39, 0.29) is 44.2 Å². The van der Waals surface area contributed by atoms with Gasteiger partial charge in [0.25, 0.3) is 5.91 Å². The first-order chi connectivity index (χ1) is 17.8. The zero-order valence-electron chi connectivity index (χ0n) is 19.2. The third-order valence-corrected chi connectivity index (χ3v) is 8.05. The van der Waals surface area contributed by atoms with Crippen LogP contribution in [0.3, 0.4) is 0 Å². The first kappa shape index (κ1) is 26.3. The van der Waals surface area contributed by atoms with Crippen LogP contribution < -0.4 is 16.0 Å². The molecule has 0 bridgehead atoms. The topological polar surface area (TPSA) is 118 Å². The van der Waals surface area contributed by atoms with Crippen LogP contribution in [0, 0.1) is 0 Å². The van der Waals surface area contributed by atoms with E-state index < -0.39 is 21.7 Å². The summed E-state index contributed by atoms with van der Waals surface area (Å²) in [6.07, 6.45) is 1.51. The number of sulfone groups is 1. The number of para-hydroxylation sites is 1. The van der Waals surface area contributed by atoms with E-state index in [9.17, 15) is 18.0 Å². The SMILES string of the molecule is O=C(CNc1ccc(Cl)c(S(=O)(=O)c2ccccc2)c1Cl)Nc1ccccc1C(=O)NCc1ccco1. The minimum Gasteiger partial charge on any atom is -0.467 e. The summed E-state index contributed by atoms with van der Waals surface area (Å²) in [6, 6.07) is 20.6. The van der Waals surface area contributed by atoms with E-state index in [0.717, 1.165) is 0 Å². The van der Waals surface area contributed by atoms with E-state index >= 15 is 0 Å². The van der Waals surface area contributed by atoms with E-state index in [4.69, 9.17) is 27.6 Å². The van der Waals surface area contributed by atoms with Crippen molar-refractivity contribution in [2.45, 2.75) is 16.3 Å². The Hall–Kier alpha value is -3.79. The van der Waals surface area contributed by atoms with Gasteiger partial charge in [0.15, 0.2) is 0 Å². The summed E-state index contributed by atoms with van der Waals surface area (Å²) in [5.74, 6) is -0.283. The molecule has 4 rings (SSSR count). The van der Waals surface area contributed by atoms with Gasteiger partial charge in [-0.2, -0.15) is 0 Å². The summed E-state index contributed by atoms with van der Waals surface area (Å²) in [7, 11) is -4.00. The number of rotatable bonds is 9. The zero-order valence-corrected chi connectivity index (χ0v) is 21.5. The molecule has 1 aromatic heterocycles. The Balaban J connectivity index is 1.46. The van der Waals surface area contributed by atoms with Crippen LogP contribution in [0.4, 0.5) is 11.4 Å². The Kier molecular flexibility index (Phi) is 8.17. The van der Waals surface area contributed by atoms with Gasteiger partial charge >= 0.3 is 0 Å². The molecule has 0 atom stereocenters. The third kappa shape index (κ3) is 6.14. The van der Waals surface area contributed by atoms with Crippen molar-refractivity contribution in [3.63, 3.8) is 0 Å². The smallest absolute Gasteiger partial charge is 0.253 e. The molecule has 0 saturated heterocycles. The monoisotopic (exact) mass is 557 g/mol. The van der Waals surface area contributed by atoms with Crippen molar-refractivity contribution in [1.82, 2.24) is 5.32 Å². The van der Waals surface area contributed by atoms with Gasteiger partial charge in [-0.25, -0.2) is 8.42 Å². The number of carbonyl (C=O) groups excluding carboxylic acids is 2. The fourth-order valence-corrected chi connectivity index (χ4v) is 5.94. The molecule has 11 heteroatoms. The van der Waals surface area contributed by atoms with Gasteiger partial charge in [-0.1, -0.05) is 53.5 Å². The fraction of sp³-hybridized carbons (Fsp3) is 0.0769. The van der Waals surface area contributed by atoms with Crippen molar-refractivity contribution in [1.29, 1.82) is 0 Å². The Morgan fingerprint density at radius 1 is 0.838 bits per heavy atom. The second-order valence-corrected chi connectivity index (χ2v) is 10.4. The molecule has 2 amide bonds.